The lowest BCUT2D eigenvalue weighted by Gasteiger charge is -2.51. The molecule has 0 saturated carbocycles. The maximum atomic E-state index is 6.88. The van der Waals surface area contributed by atoms with Crippen LogP contribution in [0.2, 0.25) is 5.02 Å². The van der Waals surface area contributed by atoms with Gasteiger partial charge in [0.05, 0.1) is 11.8 Å². The molecule has 33 heavy (non-hydrogen) atoms. The van der Waals surface area contributed by atoms with E-state index in [1.165, 1.54) is 16.7 Å². The topological polar surface area (TPSA) is 28.1 Å². The number of hydrogen-bond donors (Lipinski definition) is 0. The van der Waals surface area contributed by atoms with E-state index >= 15 is 0 Å². The van der Waals surface area contributed by atoms with E-state index < -0.39 is 5.72 Å². The first-order chi connectivity index (χ1) is 16.1. The molecule has 0 aliphatic carbocycles. The van der Waals surface area contributed by atoms with Gasteiger partial charge in [0, 0.05) is 49.5 Å². The summed E-state index contributed by atoms with van der Waals surface area (Å²) >= 11 is 6.14. The van der Waals surface area contributed by atoms with E-state index in [1.54, 1.807) is 0 Å². The van der Waals surface area contributed by atoms with Crippen molar-refractivity contribution in [1.82, 2.24) is 9.91 Å². The van der Waals surface area contributed by atoms with Gasteiger partial charge in [0.2, 0.25) is 5.72 Å². The number of aryl methyl sites for hydroxylation is 1. The van der Waals surface area contributed by atoms with E-state index in [4.69, 9.17) is 21.4 Å². The van der Waals surface area contributed by atoms with E-state index in [-0.39, 0.29) is 6.04 Å². The highest BCUT2D eigenvalue weighted by atomic mass is 35.5. The monoisotopic (exact) mass is 457 g/mol. The van der Waals surface area contributed by atoms with E-state index in [0.717, 1.165) is 60.9 Å². The van der Waals surface area contributed by atoms with Crippen LogP contribution >= 0.6 is 11.6 Å². The average molecular weight is 458 g/mol. The van der Waals surface area contributed by atoms with Gasteiger partial charge >= 0.3 is 0 Å². The number of fused-ring (bicyclic) bond motifs is 4. The number of hydrazone groups is 1. The van der Waals surface area contributed by atoms with Gasteiger partial charge in [-0.05, 0) is 35.7 Å². The van der Waals surface area contributed by atoms with Crippen molar-refractivity contribution in [1.29, 1.82) is 0 Å². The van der Waals surface area contributed by atoms with Crippen molar-refractivity contribution in [2.45, 2.75) is 44.5 Å². The molecule has 3 aromatic carbocycles. The molecule has 3 heterocycles. The standard InChI is InChI=1S/C28H28ClN3O/c1-20-6-5-9-24-26-18-25(22-10-12-23(29)13-11-22)30-32(26)28(33-27(20)24)14-16-31(17-15-28)19-21-7-3-2-4-8-21/h2-13,26H,14-19H2,1H3. The molecule has 3 aromatic rings. The van der Waals surface area contributed by atoms with Crippen molar-refractivity contribution in [2.75, 3.05) is 13.1 Å². The summed E-state index contributed by atoms with van der Waals surface area (Å²) in [5, 5.41) is 8.23. The van der Waals surface area contributed by atoms with Crippen LogP contribution in [0, 0.1) is 6.92 Å². The van der Waals surface area contributed by atoms with Crippen molar-refractivity contribution < 1.29 is 4.74 Å². The summed E-state index contributed by atoms with van der Waals surface area (Å²) in [6, 6.07) is 25.5. The van der Waals surface area contributed by atoms with Gasteiger partial charge in [-0.2, -0.15) is 5.10 Å². The van der Waals surface area contributed by atoms with Crippen LogP contribution in [0.1, 0.15) is 47.6 Å². The molecule has 1 unspecified atom stereocenters. The van der Waals surface area contributed by atoms with Crippen LogP contribution in [0.25, 0.3) is 0 Å². The first kappa shape index (κ1) is 20.8. The van der Waals surface area contributed by atoms with Crippen molar-refractivity contribution in [2.24, 2.45) is 5.10 Å². The fourth-order valence-corrected chi connectivity index (χ4v) is 5.62. The minimum Gasteiger partial charge on any atom is -0.466 e. The molecule has 0 bridgehead atoms. The lowest BCUT2D eigenvalue weighted by molar-refractivity contribution is -0.151. The first-order valence-corrected chi connectivity index (χ1v) is 12.2. The van der Waals surface area contributed by atoms with Crippen LogP contribution in [0.4, 0.5) is 0 Å². The highest BCUT2D eigenvalue weighted by Crippen LogP contribution is 2.51. The number of halogens is 1. The predicted octanol–water partition coefficient (Wildman–Crippen LogP) is 6.18. The Labute approximate surface area is 200 Å². The maximum Gasteiger partial charge on any atom is 0.200 e. The number of nitrogens with zero attached hydrogens (tertiary/aromatic N) is 3. The number of piperidine rings is 1. The molecule has 0 aromatic heterocycles. The smallest absolute Gasteiger partial charge is 0.200 e. The van der Waals surface area contributed by atoms with E-state index in [1.807, 2.05) is 12.1 Å². The summed E-state index contributed by atoms with van der Waals surface area (Å²) in [6.07, 6.45) is 2.75. The summed E-state index contributed by atoms with van der Waals surface area (Å²) in [5.41, 5.74) is 5.67. The summed E-state index contributed by atoms with van der Waals surface area (Å²) in [6.45, 7) is 5.12. The van der Waals surface area contributed by atoms with Gasteiger partial charge in [0.1, 0.15) is 5.75 Å². The Bertz CT molecular complexity index is 1180. The molecule has 4 nitrogen and oxygen atoms in total. The lowest BCUT2D eigenvalue weighted by Crippen LogP contribution is -2.59. The van der Waals surface area contributed by atoms with E-state index in [9.17, 15) is 0 Å². The molecular weight excluding hydrogens is 430 g/mol. The van der Waals surface area contributed by atoms with Crippen LogP contribution in [0.15, 0.2) is 77.9 Å². The molecule has 5 heteroatoms. The molecule has 1 spiro atoms. The Morgan fingerprint density at radius 1 is 0.970 bits per heavy atom. The fraction of sp³-hybridized carbons (Fsp3) is 0.321. The Morgan fingerprint density at radius 3 is 2.48 bits per heavy atom. The van der Waals surface area contributed by atoms with Crippen molar-refractivity contribution in [3.8, 4) is 5.75 Å². The van der Waals surface area contributed by atoms with Crippen LogP contribution in [0.5, 0.6) is 5.75 Å². The lowest BCUT2D eigenvalue weighted by atomic mass is 9.89. The zero-order valence-corrected chi connectivity index (χ0v) is 19.6. The summed E-state index contributed by atoms with van der Waals surface area (Å²) in [7, 11) is 0. The maximum absolute atomic E-state index is 6.88. The zero-order valence-electron chi connectivity index (χ0n) is 18.9. The van der Waals surface area contributed by atoms with Gasteiger partial charge in [0.25, 0.3) is 0 Å². The number of likely N-dealkylation sites (tertiary alicyclic amines) is 1. The first-order valence-electron chi connectivity index (χ1n) is 11.8. The average Bonchev–Trinajstić information content (AvgIpc) is 3.30. The molecule has 1 saturated heterocycles. The molecule has 1 atom stereocenters. The Hall–Kier alpha value is -2.82. The fourth-order valence-electron chi connectivity index (χ4n) is 5.49. The van der Waals surface area contributed by atoms with Crippen molar-refractivity contribution >= 4 is 17.3 Å². The number of rotatable bonds is 3. The molecule has 0 radical (unpaired) electrons. The predicted molar refractivity (Wildman–Crippen MR) is 133 cm³/mol. The minimum atomic E-state index is -0.398. The molecule has 3 aliphatic heterocycles. The number of para-hydroxylation sites is 1. The number of hydrogen-bond acceptors (Lipinski definition) is 4. The SMILES string of the molecule is Cc1cccc2c1OC1(CCN(Cc3ccccc3)CC1)N1N=C(c3ccc(Cl)cc3)CC21. The molecule has 3 aliphatic rings. The van der Waals surface area contributed by atoms with Crippen molar-refractivity contribution in [3.63, 3.8) is 0 Å². The highest BCUT2D eigenvalue weighted by Gasteiger charge is 2.52. The van der Waals surface area contributed by atoms with E-state index in [0.29, 0.717) is 0 Å². The second-order valence-electron chi connectivity index (χ2n) is 9.42. The summed E-state index contributed by atoms with van der Waals surface area (Å²) in [4.78, 5) is 2.53. The van der Waals surface area contributed by atoms with Gasteiger partial charge < -0.3 is 4.74 Å². The highest BCUT2D eigenvalue weighted by molar-refractivity contribution is 6.30. The minimum absolute atomic E-state index is 0.208. The molecule has 0 N–H and O–H groups in total. The Balaban J connectivity index is 1.32. The number of benzene rings is 3. The Morgan fingerprint density at radius 2 is 1.73 bits per heavy atom. The third-order valence-corrected chi connectivity index (χ3v) is 7.54. The largest absolute Gasteiger partial charge is 0.466 e. The van der Waals surface area contributed by atoms with Crippen LogP contribution in [-0.4, -0.2) is 34.4 Å². The second kappa shape index (κ2) is 8.19. The third kappa shape index (κ3) is 3.71. The van der Waals surface area contributed by atoms with Gasteiger partial charge in [-0.1, -0.05) is 72.3 Å². The van der Waals surface area contributed by atoms with Gasteiger partial charge in [0.15, 0.2) is 0 Å². The van der Waals surface area contributed by atoms with Gasteiger partial charge in [-0.25, -0.2) is 5.01 Å². The molecule has 168 valence electrons. The molecule has 1 fully saturated rings. The normalized spacial score (nSPS) is 21.3. The van der Waals surface area contributed by atoms with Crippen LogP contribution in [0.3, 0.4) is 0 Å². The van der Waals surface area contributed by atoms with Crippen molar-refractivity contribution in [3.05, 3.63) is 100 Å². The Kier molecular flexibility index (Phi) is 5.16. The van der Waals surface area contributed by atoms with Crippen LogP contribution in [-0.2, 0) is 6.54 Å². The van der Waals surface area contributed by atoms with Gasteiger partial charge in [-0.15, -0.1) is 0 Å². The zero-order chi connectivity index (χ0) is 22.4. The summed E-state index contributed by atoms with van der Waals surface area (Å²) < 4.78 is 6.88. The summed E-state index contributed by atoms with van der Waals surface area (Å²) in [5.74, 6) is 1.06. The van der Waals surface area contributed by atoms with Gasteiger partial charge in [-0.3, -0.25) is 4.90 Å². The quantitative estimate of drug-likeness (QED) is 0.469. The van der Waals surface area contributed by atoms with Crippen LogP contribution < -0.4 is 4.74 Å². The molecule has 6 rings (SSSR count). The molecular formula is C28H28ClN3O. The third-order valence-electron chi connectivity index (χ3n) is 7.29. The second-order valence-corrected chi connectivity index (χ2v) is 9.86. The number of ether oxygens (including phenoxy) is 1. The molecule has 0 amide bonds. The van der Waals surface area contributed by atoms with E-state index in [2.05, 4.69) is 77.5 Å².